The van der Waals surface area contributed by atoms with E-state index in [4.69, 9.17) is 19.4 Å². The molecule has 0 atom stereocenters. The topological polar surface area (TPSA) is 60.0 Å². The zero-order valence-corrected chi connectivity index (χ0v) is 81.0. The average molecular weight is 1890 g/mol. The number of furan rings is 1. The molecule has 0 fully saturated rings. The van der Waals surface area contributed by atoms with Crippen molar-refractivity contribution in [1.29, 1.82) is 0 Å². The predicted octanol–water partition coefficient (Wildman–Crippen LogP) is 37.2. The first kappa shape index (κ1) is 85.1. The third-order valence-electron chi connectivity index (χ3n) is 32.0. The Kier molecular flexibility index (Phi) is 19.5. The number of hydrogen-bond acceptors (Lipinski definition) is 5. The van der Waals surface area contributed by atoms with Crippen LogP contribution in [0.3, 0.4) is 0 Å². The van der Waals surface area contributed by atoms with Crippen molar-refractivity contribution < 1.29 is 4.42 Å². The van der Waals surface area contributed by atoms with Gasteiger partial charge in [0, 0.05) is 62.4 Å². The minimum Gasteiger partial charge on any atom is -0.456 e. The molecule has 0 saturated carbocycles. The van der Waals surface area contributed by atoms with Crippen LogP contribution in [0.1, 0.15) is 44.5 Å². The van der Waals surface area contributed by atoms with E-state index in [0.29, 0.717) is 0 Å². The number of pyridine rings is 2. The van der Waals surface area contributed by atoms with Gasteiger partial charge in [-0.25, -0.2) is 4.98 Å². The van der Waals surface area contributed by atoms with E-state index >= 15 is 0 Å². The summed E-state index contributed by atoms with van der Waals surface area (Å²) in [7, 11) is 0. The number of para-hydroxylation sites is 7. The molecule has 2 spiro atoms. The second kappa shape index (κ2) is 34.1. The largest absolute Gasteiger partial charge is 0.456 e. The van der Waals surface area contributed by atoms with Crippen LogP contribution in [0, 0.1) is 0 Å². The van der Waals surface area contributed by atoms with Gasteiger partial charge in [-0.3, -0.25) is 14.5 Å². The highest BCUT2D eigenvalue weighted by Gasteiger charge is 2.54. The van der Waals surface area contributed by atoms with Gasteiger partial charge in [0.2, 0.25) is 0 Å². The zero-order valence-electron chi connectivity index (χ0n) is 81.0. The van der Waals surface area contributed by atoms with Gasteiger partial charge in [-0.1, -0.05) is 419 Å². The number of anilines is 3. The molecule has 0 N–H and O–H groups in total. The summed E-state index contributed by atoms with van der Waals surface area (Å²) < 4.78 is 8.53. The van der Waals surface area contributed by atoms with Crippen LogP contribution in [-0.2, 0) is 10.8 Å². The molecule has 0 radical (unpaired) electrons. The Labute approximate surface area is 862 Å². The molecule has 0 bridgehead atoms. The maximum atomic E-state index is 6.27. The lowest BCUT2D eigenvalue weighted by molar-refractivity contribution is 0.669. The van der Waals surface area contributed by atoms with Crippen molar-refractivity contribution in [3.05, 3.63) is 585 Å². The standard InChI is InChI=1S/C74H46N2O.C69H43N3/c1-4-18-47(19-5-1)49-32-37-57-62(43-49)73(58-38-33-50(44-61(58)72(57)48-20-6-2-7-21-48)51-36-41-71-60(42-51)56-25-11-17-31-70(56)77-71)53-35-40-67(75-46-53)52-34-39-64-59(45-52)55-24-10-12-26-63(55)74(64)65-27-13-15-29-68(65)76(54-22-8-3-9-23-54)69-30-16-14-28-66(69)74;1-3-17-45(18-4-1)66-55-24-7-8-25-56(55)67(57-39-35-47(41-58(57)66)44-31-33-46(34-32-44)68-71-64-29-15-16-30-65(64)72(68)50-19-5-2-6-20-50)49-37-40-63(70-43-49)48-36-38-54-53-23-11-14-28-61(53)69(62(54)42-48)59-26-12-9-21-51(59)52-22-10-13-27-60(52)69/h1-46H;1-43H. The first-order valence-corrected chi connectivity index (χ1v) is 51.3. The third kappa shape index (κ3) is 13.1. The first-order chi connectivity index (χ1) is 73.9. The molecular formula is C143H89N5O. The minimum absolute atomic E-state index is 0.408. The summed E-state index contributed by atoms with van der Waals surface area (Å²) >= 11 is 0. The average Bonchev–Trinajstić information content (AvgIpc) is 1.50. The lowest BCUT2D eigenvalue weighted by Gasteiger charge is -2.45. The Morgan fingerprint density at radius 1 is 0.188 bits per heavy atom. The van der Waals surface area contributed by atoms with Crippen molar-refractivity contribution >= 4 is 93.1 Å². The van der Waals surface area contributed by atoms with Gasteiger partial charge in [-0.15, -0.1) is 0 Å². The lowest BCUT2D eigenvalue weighted by atomic mass is 9.64. The van der Waals surface area contributed by atoms with E-state index < -0.39 is 10.8 Å². The molecule has 23 aromatic carbocycles. The number of benzene rings is 23. The number of fused-ring (bicyclic) bond motifs is 27. The minimum atomic E-state index is -0.521. The normalized spacial score (nSPS) is 12.9. The second-order valence-electron chi connectivity index (χ2n) is 39.7. The van der Waals surface area contributed by atoms with Crippen molar-refractivity contribution in [2.75, 3.05) is 4.90 Å². The van der Waals surface area contributed by atoms with Gasteiger partial charge < -0.3 is 9.32 Å². The molecule has 0 saturated heterocycles. The Bertz CT molecular complexity index is 10000. The van der Waals surface area contributed by atoms with E-state index in [0.717, 1.165) is 112 Å². The SMILES string of the molecule is c1ccc(-c2c3ccccc3c(-c3ccc(-c4ccc5c(c4)C4(c6ccccc6-c6ccccc64)c4ccccc4-5)nc3)c3ccc(-c4ccc(-c5nc6ccccc6n5-c5ccccc5)cc4)cc23)cc1.c1ccc(-c2ccc3c(-c4ccccc4)c4cc(-c5ccc6oc7ccccc7c6c5)ccc4c(-c4ccc(-c5ccc6c(c5)-c5ccccc5C65c6ccccc6N(c6ccccc6)c6ccccc65)nc4)c3c2)cc1. The maximum Gasteiger partial charge on any atom is 0.145 e. The van der Waals surface area contributed by atoms with Crippen LogP contribution in [-0.4, -0.2) is 19.5 Å². The van der Waals surface area contributed by atoms with Crippen molar-refractivity contribution in [2.45, 2.75) is 10.8 Å². The molecule has 0 unspecified atom stereocenters. The molecule has 1 aliphatic heterocycles. The monoisotopic (exact) mass is 1890 g/mol. The molecule has 5 heterocycles. The first-order valence-electron chi connectivity index (χ1n) is 51.3. The van der Waals surface area contributed by atoms with Crippen molar-refractivity contribution in [1.82, 2.24) is 19.5 Å². The highest BCUT2D eigenvalue weighted by molar-refractivity contribution is 6.24. The van der Waals surface area contributed by atoms with Gasteiger partial charge in [0.25, 0.3) is 0 Å². The highest BCUT2D eigenvalue weighted by Crippen LogP contribution is 2.66. The Balaban J connectivity index is 0.000000137. The molecule has 6 heteroatoms. The van der Waals surface area contributed by atoms with Gasteiger partial charge in [0.1, 0.15) is 17.0 Å². The Morgan fingerprint density at radius 2 is 0.530 bits per heavy atom. The number of nitrogens with zero attached hydrogens (tertiary/aromatic N) is 5. The summed E-state index contributed by atoms with van der Waals surface area (Å²) in [6.45, 7) is 0. The third-order valence-corrected chi connectivity index (χ3v) is 32.0. The van der Waals surface area contributed by atoms with Crippen molar-refractivity contribution in [3.63, 3.8) is 0 Å². The molecule has 3 aliphatic carbocycles. The molecule has 4 aromatic heterocycles. The summed E-state index contributed by atoms with van der Waals surface area (Å²) in [5.41, 5.74) is 47.1. The summed E-state index contributed by atoms with van der Waals surface area (Å²) in [4.78, 5) is 18.3. The molecule has 6 nitrogen and oxygen atoms in total. The van der Waals surface area contributed by atoms with E-state index in [1.807, 2.05) is 12.1 Å². The van der Waals surface area contributed by atoms with Gasteiger partial charge in [-0.2, -0.15) is 0 Å². The van der Waals surface area contributed by atoms with Crippen LogP contribution in [0.4, 0.5) is 17.1 Å². The van der Waals surface area contributed by atoms with Crippen molar-refractivity contribution in [3.8, 4) is 151 Å². The van der Waals surface area contributed by atoms with Gasteiger partial charge in [0.15, 0.2) is 0 Å². The van der Waals surface area contributed by atoms with E-state index in [9.17, 15) is 0 Å². The highest BCUT2D eigenvalue weighted by atomic mass is 16.3. The Hall–Kier alpha value is -19.5. The van der Waals surface area contributed by atoms with Crippen LogP contribution in [0.5, 0.6) is 0 Å². The van der Waals surface area contributed by atoms with E-state index in [1.165, 1.54) is 177 Å². The number of rotatable bonds is 12. The molecule has 0 amide bonds. The maximum absolute atomic E-state index is 6.27. The summed E-state index contributed by atoms with van der Waals surface area (Å²) in [5, 5.41) is 11.8. The second-order valence-corrected chi connectivity index (χ2v) is 39.7. The smallest absolute Gasteiger partial charge is 0.145 e. The van der Waals surface area contributed by atoms with Gasteiger partial charge in [0.05, 0.1) is 44.6 Å². The molecule has 31 rings (SSSR count). The molecular weight excluding hydrogens is 1800 g/mol. The molecule has 4 aliphatic rings. The number of imidazole rings is 1. The van der Waals surface area contributed by atoms with Crippen molar-refractivity contribution in [2.24, 2.45) is 0 Å². The zero-order chi connectivity index (χ0) is 97.9. The quantitative estimate of drug-likeness (QED) is 0.114. The van der Waals surface area contributed by atoms with E-state index in [1.54, 1.807) is 0 Å². The predicted molar refractivity (Wildman–Crippen MR) is 617 cm³/mol. The summed E-state index contributed by atoms with van der Waals surface area (Å²) in [6.07, 6.45) is 4.19. The molecule has 692 valence electrons. The molecule has 27 aromatic rings. The van der Waals surface area contributed by atoms with Crippen LogP contribution in [0.15, 0.2) is 545 Å². The fourth-order valence-corrected chi connectivity index (χ4v) is 25.6. The van der Waals surface area contributed by atoms with Gasteiger partial charge in [-0.05, 0) is 297 Å². The van der Waals surface area contributed by atoms with Crippen LogP contribution in [0.2, 0.25) is 0 Å². The van der Waals surface area contributed by atoms with E-state index in [2.05, 4.69) is 538 Å². The number of aromatic nitrogens is 4. The fourth-order valence-electron chi connectivity index (χ4n) is 25.6. The van der Waals surface area contributed by atoms with Crippen LogP contribution < -0.4 is 4.90 Å². The number of hydrogen-bond donors (Lipinski definition) is 0. The summed E-state index contributed by atoms with van der Waals surface area (Å²) in [6, 6.07) is 193. The summed E-state index contributed by atoms with van der Waals surface area (Å²) in [5.74, 6) is 0.922. The van der Waals surface area contributed by atoms with Crippen LogP contribution in [0.25, 0.3) is 227 Å². The van der Waals surface area contributed by atoms with Crippen LogP contribution >= 0.6 is 0 Å². The lowest BCUT2D eigenvalue weighted by Crippen LogP contribution is -2.36. The fraction of sp³-hybridized carbons (Fsp3) is 0.0140. The van der Waals surface area contributed by atoms with E-state index in [-0.39, 0.29) is 0 Å². The van der Waals surface area contributed by atoms with Gasteiger partial charge >= 0.3 is 0 Å². The Morgan fingerprint density at radius 3 is 1.06 bits per heavy atom. The molecule has 149 heavy (non-hydrogen) atoms.